The molecule has 3 aromatic carbocycles. The van der Waals surface area contributed by atoms with Gasteiger partial charge in [0.15, 0.2) is 0 Å². The Kier molecular flexibility index (Phi) is 9.03. The first-order valence-electron chi connectivity index (χ1n) is 11.1. The van der Waals surface area contributed by atoms with Crippen molar-refractivity contribution >= 4 is 11.9 Å². The van der Waals surface area contributed by atoms with Crippen molar-refractivity contribution in [3.63, 3.8) is 0 Å². The molecule has 6 nitrogen and oxygen atoms in total. The van der Waals surface area contributed by atoms with Gasteiger partial charge in [0.2, 0.25) is 5.91 Å². The van der Waals surface area contributed by atoms with Crippen molar-refractivity contribution in [2.45, 2.75) is 38.4 Å². The van der Waals surface area contributed by atoms with Crippen molar-refractivity contribution in [1.29, 1.82) is 0 Å². The molecule has 33 heavy (non-hydrogen) atoms. The van der Waals surface area contributed by atoms with Crippen molar-refractivity contribution < 1.29 is 19.4 Å². The van der Waals surface area contributed by atoms with Gasteiger partial charge in [0.05, 0.1) is 12.6 Å². The summed E-state index contributed by atoms with van der Waals surface area (Å²) in [5, 5.41) is 15.9. The SMILES string of the molecule is CCOC(=O)[C@H](Cc1ccccc1)NC(=O)[C@H](Cc1ccccc1)NCc1cccc(O)c1. The molecule has 3 rings (SSSR count). The molecular formula is C27H30N2O4. The van der Waals surface area contributed by atoms with E-state index in [1.54, 1.807) is 25.1 Å². The average molecular weight is 447 g/mol. The first-order valence-corrected chi connectivity index (χ1v) is 11.1. The Morgan fingerprint density at radius 2 is 1.39 bits per heavy atom. The summed E-state index contributed by atoms with van der Waals surface area (Å²) in [5.74, 6) is -0.572. The summed E-state index contributed by atoms with van der Waals surface area (Å²) in [6.45, 7) is 2.37. The van der Waals surface area contributed by atoms with Gasteiger partial charge in [-0.05, 0) is 42.2 Å². The van der Waals surface area contributed by atoms with Crippen LogP contribution in [0.15, 0.2) is 84.9 Å². The number of esters is 1. The van der Waals surface area contributed by atoms with E-state index in [0.29, 0.717) is 19.4 Å². The van der Waals surface area contributed by atoms with E-state index in [-0.39, 0.29) is 18.3 Å². The fourth-order valence-corrected chi connectivity index (χ4v) is 3.57. The van der Waals surface area contributed by atoms with Gasteiger partial charge in [0, 0.05) is 13.0 Å². The zero-order valence-corrected chi connectivity index (χ0v) is 18.7. The Bertz CT molecular complexity index is 1020. The van der Waals surface area contributed by atoms with E-state index in [0.717, 1.165) is 16.7 Å². The molecule has 0 saturated heterocycles. The predicted molar refractivity (Wildman–Crippen MR) is 128 cm³/mol. The van der Waals surface area contributed by atoms with E-state index in [1.165, 1.54) is 0 Å². The number of hydrogen-bond donors (Lipinski definition) is 3. The second-order valence-electron chi connectivity index (χ2n) is 7.80. The quantitative estimate of drug-likeness (QED) is 0.393. The Labute approximate surface area is 194 Å². The minimum atomic E-state index is -0.791. The standard InChI is InChI=1S/C27H30N2O4/c1-2-33-27(32)25(18-21-12-7-4-8-13-21)29-26(31)24(17-20-10-5-3-6-11-20)28-19-22-14-9-15-23(30)16-22/h3-16,24-25,28,30H,2,17-19H2,1H3,(H,29,31)/t24-,25-/m0/s1. The lowest BCUT2D eigenvalue weighted by molar-refractivity contribution is -0.147. The second-order valence-corrected chi connectivity index (χ2v) is 7.80. The number of rotatable bonds is 11. The summed E-state index contributed by atoms with van der Waals surface area (Å²) in [6.07, 6.45) is 0.794. The second kappa shape index (κ2) is 12.4. The highest BCUT2D eigenvalue weighted by atomic mass is 16.5. The van der Waals surface area contributed by atoms with E-state index < -0.39 is 18.1 Å². The molecule has 0 fully saturated rings. The van der Waals surface area contributed by atoms with Crippen LogP contribution in [0.5, 0.6) is 5.75 Å². The van der Waals surface area contributed by atoms with Crippen LogP contribution in [-0.4, -0.2) is 35.7 Å². The van der Waals surface area contributed by atoms with Crippen molar-refractivity contribution in [2.24, 2.45) is 0 Å². The summed E-state index contributed by atoms with van der Waals surface area (Å²) >= 11 is 0. The van der Waals surface area contributed by atoms with Crippen LogP contribution >= 0.6 is 0 Å². The molecule has 0 spiro atoms. The molecule has 0 unspecified atom stereocenters. The Morgan fingerprint density at radius 1 is 0.818 bits per heavy atom. The third-order valence-corrected chi connectivity index (χ3v) is 5.23. The zero-order chi connectivity index (χ0) is 23.5. The molecule has 0 aliphatic carbocycles. The molecule has 6 heteroatoms. The number of hydrogen-bond acceptors (Lipinski definition) is 5. The maximum atomic E-state index is 13.3. The maximum Gasteiger partial charge on any atom is 0.328 e. The molecule has 3 aromatic rings. The average Bonchev–Trinajstić information content (AvgIpc) is 2.83. The molecule has 0 saturated carbocycles. The number of benzene rings is 3. The van der Waals surface area contributed by atoms with Crippen LogP contribution in [0.1, 0.15) is 23.6 Å². The van der Waals surface area contributed by atoms with Crippen LogP contribution in [0.25, 0.3) is 0 Å². The number of amides is 1. The third kappa shape index (κ3) is 7.77. The molecule has 172 valence electrons. The number of ether oxygens (including phenoxy) is 1. The summed E-state index contributed by atoms with van der Waals surface area (Å²) in [4.78, 5) is 25.9. The number of carbonyl (C=O) groups excluding carboxylic acids is 2. The Hall–Kier alpha value is -3.64. The first kappa shape index (κ1) is 24.0. The van der Waals surface area contributed by atoms with E-state index in [2.05, 4.69) is 10.6 Å². The molecule has 0 aliphatic heterocycles. The molecule has 1 amide bonds. The third-order valence-electron chi connectivity index (χ3n) is 5.23. The van der Waals surface area contributed by atoms with Crippen LogP contribution in [0.3, 0.4) is 0 Å². The van der Waals surface area contributed by atoms with Gasteiger partial charge >= 0.3 is 5.97 Å². The minimum absolute atomic E-state index is 0.170. The number of aromatic hydroxyl groups is 1. The summed E-state index contributed by atoms with van der Waals surface area (Å²) in [6, 6.07) is 24.8. The number of phenols is 1. The normalized spacial score (nSPS) is 12.5. The van der Waals surface area contributed by atoms with E-state index >= 15 is 0 Å². The first-order chi connectivity index (χ1) is 16.0. The number of nitrogens with one attached hydrogen (secondary N) is 2. The van der Waals surface area contributed by atoms with Gasteiger partial charge in [-0.3, -0.25) is 4.79 Å². The lowest BCUT2D eigenvalue weighted by Crippen LogP contribution is -2.52. The fraction of sp³-hybridized carbons (Fsp3) is 0.259. The van der Waals surface area contributed by atoms with Crippen molar-refractivity contribution in [3.8, 4) is 5.75 Å². The summed E-state index contributed by atoms with van der Waals surface area (Å²) in [7, 11) is 0. The van der Waals surface area contributed by atoms with Gasteiger partial charge in [0.25, 0.3) is 0 Å². The molecule has 3 N–H and O–H groups in total. The molecule has 0 aromatic heterocycles. The Morgan fingerprint density at radius 3 is 1.97 bits per heavy atom. The van der Waals surface area contributed by atoms with Gasteiger partial charge in [-0.15, -0.1) is 0 Å². The monoisotopic (exact) mass is 446 g/mol. The number of phenolic OH excluding ortho intramolecular Hbond substituents is 1. The largest absolute Gasteiger partial charge is 0.508 e. The van der Waals surface area contributed by atoms with Gasteiger partial charge < -0.3 is 20.5 Å². The lowest BCUT2D eigenvalue weighted by atomic mass is 10.0. The molecule has 0 aliphatic rings. The van der Waals surface area contributed by atoms with Crippen molar-refractivity contribution in [2.75, 3.05) is 6.61 Å². The highest BCUT2D eigenvalue weighted by Gasteiger charge is 2.27. The lowest BCUT2D eigenvalue weighted by Gasteiger charge is -2.23. The summed E-state index contributed by atoms with van der Waals surface area (Å²) < 4.78 is 5.22. The molecular weight excluding hydrogens is 416 g/mol. The highest BCUT2D eigenvalue weighted by molar-refractivity contribution is 5.88. The van der Waals surface area contributed by atoms with Gasteiger partial charge in [0.1, 0.15) is 11.8 Å². The topological polar surface area (TPSA) is 87.7 Å². The molecule has 2 atom stereocenters. The van der Waals surface area contributed by atoms with Gasteiger partial charge in [-0.2, -0.15) is 0 Å². The molecule has 0 bridgehead atoms. The molecule has 0 radical (unpaired) electrons. The highest BCUT2D eigenvalue weighted by Crippen LogP contribution is 2.12. The van der Waals surface area contributed by atoms with Crippen molar-refractivity contribution in [3.05, 3.63) is 102 Å². The zero-order valence-electron chi connectivity index (χ0n) is 18.7. The minimum Gasteiger partial charge on any atom is -0.508 e. The molecule has 0 heterocycles. The van der Waals surface area contributed by atoms with Crippen LogP contribution < -0.4 is 10.6 Å². The van der Waals surface area contributed by atoms with Crippen LogP contribution in [0, 0.1) is 0 Å². The predicted octanol–water partition coefficient (Wildman–Crippen LogP) is 3.38. The van der Waals surface area contributed by atoms with Gasteiger partial charge in [-0.1, -0.05) is 72.8 Å². The Balaban J connectivity index is 1.75. The van der Waals surface area contributed by atoms with Crippen LogP contribution in [0.2, 0.25) is 0 Å². The summed E-state index contributed by atoms with van der Waals surface area (Å²) in [5.41, 5.74) is 2.78. The smallest absolute Gasteiger partial charge is 0.328 e. The van der Waals surface area contributed by atoms with Crippen LogP contribution in [0.4, 0.5) is 0 Å². The fourth-order valence-electron chi connectivity index (χ4n) is 3.57. The van der Waals surface area contributed by atoms with E-state index in [9.17, 15) is 14.7 Å². The number of carbonyl (C=O) groups is 2. The van der Waals surface area contributed by atoms with Gasteiger partial charge in [-0.25, -0.2) is 4.79 Å². The van der Waals surface area contributed by atoms with E-state index in [4.69, 9.17) is 4.74 Å². The van der Waals surface area contributed by atoms with E-state index in [1.807, 2.05) is 66.7 Å². The van der Waals surface area contributed by atoms with Crippen LogP contribution in [-0.2, 0) is 33.7 Å². The van der Waals surface area contributed by atoms with Crippen molar-refractivity contribution in [1.82, 2.24) is 10.6 Å². The maximum absolute atomic E-state index is 13.3.